The van der Waals surface area contributed by atoms with Gasteiger partial charge >= 0.3 is 0 Å². The molecule has 0 saturated carbocycles. The number of rotatable bonds is 5. The summed E-state index contributed by atoms with van der Waals surface area (Å²) in [5, 5.41) is 13.1. The van der Waals surface area contributed by atoms with Gasteiger partial charge in [0.2, 0.25) is 0 Å². The number of hydrogen-bond donors (Lipinski definition) is 2. The van der Waals surface area contributed by atoms with E-state index >= 15 is 0 Å². The fraction of sp³-hybridized carbons (Fsp3) is 0.625. The molecule has 2 N–H and O–H groups in total. The summed E-state index contributed by atoms with van der Waals surface area (Å²) in [4.78, 5) is 0. The lowest BCUT2D eigenvalue weighted by Gasteiger charge is -2.34. The summed E-state index contributed by atoms with van der Waals surface area (Å²) >= 11 is 0. The third kappa shape index (κ3) is 4.60. The Morgan fingerprint density at radius 3 is 2.42 bits per heavy atom. The first-order chi connectivity index (χ1) is 9.17. The highest BCUT2D eigenvalue weighted by molar-refractivity contribution is 5.16. The van der Waals surface area contributed by atoms with Crippen molar-refractivity contribution in [3.63, 3.8) is 0 Å². The first-order valence-corrected chi connectivity index (χ1v) is 7.23. The summed E-state index contributed by atoms with van der Waals surface area (Å²) in [5.74, 6) is 0. The summed E-state index contributed by atoms with van der Waals surface area (Å²) in [6, 6.07) is 10.9. The van der Waals surface area contributed by atoms with Crippen LogP contribution in [0.4, 0.5) is 0 Å². The molecule has 1 aliphatic rings. The second kappa shape index (κ2) is 7.04. The van der Waals surface area contributed by atoms with Gasteiger partial charge in [-0.25, -0.2) is 0 Å². The Bertz CT molecular complexity index is 358. The zero-order valence-corrected chi connectivity index (χ0v) is 11.9. The minimum atomic E-state index is 0.130. The molecule has 1 fully saturated rings. The first-order valence-electron chi connectivity index (χ1n) is 7.23. The Kier molecular flexibility index (Phi) is 5.37. The summed E-state index contributed by atoms with van der Waals surface area (Å²) in [7, 11) is 0. The summed E-state index contributed by atoms with van der Waals surface area (Å²) < 4.78 is 5.75. The van der Waals surface area contributed by atoms with Gasteiger partial charge in [0.15, 0.2) is 0 Å². The van der Waals surface area contributed by atoms with Crippen LogP contribution < -0.4 is 5.32 Å². The van der Waals surface area contributed by atoms with Crippen LogP contribution in [0.25, 0.3) is 0 Å². The third-order valence-electron chi connectivity index (χ3n) is 3.71. The molecule has 0 amide bonds. The van der Waals surface area contributed by atoms with Crippen LogP contribution in [-0.4, -0.2) is 36.0 Å². The van der Waals surface area contributed by atoms with Crippen molar-refractivity contribution >= 4 is 0 Å². The number of ether oxygens (including phenoxy) is 1. The van der Waals surface area contributed by atoms with Crippen LogP contribution >= 0.6 is 0 Å². The highest BCUT2D eigenvalue weighted by atomic mass is 16.5. The molecule has 19 heavy (non-hydrogen) atoms. The van der Waals surface area contributed by atoms with Gasteiger partial charge < -0.3 is 15.2 Å². The molecule has 3 heteroatoms. The topological polar surface area (TPSA) is 41.5 Å². The number of aliphatic hydroxyl groups excluding tert-OH is 1. The molecule has 1 saturated heterocycles. The molecule has 0 bridgehead atoms. The Balaban J connectivity index is 1.88. The second-order valence-electron chi connectivity index (χ2n) is 5.66. The van der Waals surface area contributed by atoms with E-state index in [2.05, 4.69) is 31.3 Å². The van der Waals surface area contributed by atoms with Crippen molar-refractivity contribution in [2.24, 2.45) is 0 Å². The minimum absolute atomic E-state index is 0.130. The Morgan fingerprint density at radius 1 is 1.21 bits per heavy atom. The van der Waals surface area contributed by atoms with Gasteiger partial charge in [-0.2, -0.15) is 0 Å². The van der Waals surface area contributed by atoms with E-state index in [9.17, 15) is 5.11 Å². The quantitative estimate of drug-likeness (QED) is 0.855. The molecule has 1 aromatic carbocycles. The third-order valence-corrected chi connectivity index (χ3v) is 3.71. The van der Waals surface area contributed by atoms with Crippen molar-refractivity contribution in [2.45, 2.75) is 57.4 Å². The van der Waals surface area contributed by atoms with E-state index in [0.29, 0.717) is 18.2 Å². The van der Waals surface area contributed by atoms with Crippen LogP contribution in [0.15, 0.2) is 30.3 Å². The smallest absolute Gasteiger partial charge is 0.0587 e. The minimum Gasteiger partial charge on any atom is -0.395 e. The SMILES string of the molecule is CC1CC(N[C@@H](CO)Cc2ccccc2)CC(C)O1. The second-order valence-corrected chi connectivity index (χ2v) is 5.66. The van der Waals surface area contributed by atoms with E-state index < -0.39 is 0 Å². The standard InChI is InChI=1S/C16H25NO2/c1-12-8-15(9-13(2)19-12)17-16(11-18)10-14-6-4-3-5-7-14/h3-7,12-13,15-18H,8-11H2,1-2H3/t12?,13?,15?,16-/m1/s1. The van der Waals surface area contributed by atoms with Crippen molar-refractivity contribution < 1.29 is 9.84 Å². The van der Waals surface area contributed by atoms with Gasteiger partial charge in [0.1, 0.15) is 0 Å². The number of aliphatic hydroxyl groups is 1. The molecule has 106 valence electrons. The van der Waals surface area contributed by atoms with Crippen LogP contribution in [-0.2, 0) is 11.2 Å². The summed E-state index contributed by atoms with van der Waals surface area (Å²) in [6.07, 6.45) is 3.53. The molecule has 0 aliphatic carbocycles. The van der Waals surface area contributed by atoms with Gasteiger partial charge in [-0.1, -0.05) is 30.3 Å². The predicted molar refractivity (Wildman–Crippen MR) is 77.2 cm³/mol. The maximum Gasteiger partial charge on any atom is 0.0587 e. The van der Waals surface area contributed by atoms with Crippen molar-refractivity contribution in [1.82, 2.24) is 5.32 Å². The summed E-state index contributed by atoms with van der Waals surface area (Å²) in [6.45, 7) is 4.42. The molecule has 1 aliphatic heterocycles. The molecule has 2 rings (SSSR count). The van der Waals surface area contributed by atoms with Gasteiger partial charge in [0, 0.05) is 12.1 Å². The van der Waals surface area contributed by atoms with Crippen molar-refractivity contribution in [3.05, 3.63) is 35.9 Å². The van der Waals surface area contributed by atoms with Gasteiger partial charge in [-0.05, 0) is 38.7 Å². The van der Waals surface area contributed by atoms with E-state index in [1.165, 1.54) is 5.56 Å². The maximum absolute atomic E-state index is 9.56. The molecule has 2 unspecified atom stereocenters. The molecule has 0 aromatic heterocycles. The van der Waals surface area contributed by atoms with Gasteiger partial charge in [0.05, 0.1) is 18.8 Å². The Morgan fingerprint density at radius 2 is 1.84 bits per heavy atom. The lowest BCUT2D eigenvalue weighted by molar-refractivity contribution is -0.0444. The van der Waals surface area contributed by atoms with Crippen LogP contribution in [0.5, 0.6) is 0 Å². The van der Waals surface area contributed by atoms with E-state index in [1.54, 1.807) is 0 Å². The number of hydrogen-bond acceptors (Lipinski definition) is 3. The largest absolute Gasteiger partial charge is 0.395 e. The number of nitrogens with one attached hydrogen (secondary N) is 1. The molecule has 3 nitrogen and oxygen atoms in total. The predicted octanol–water partition coefficient (Wildman–Crippen LogP) is 2.14. The van der Waals surface area contributed by atoms with Crippen LogP contribution in [0.2, 0.25) is 0 Å². The average Bonchev–Trinajstić information content (AvgIpc) is 2.38. The van der Waals surface area contributed by atoms with Gasteiger partial charge in [-0.15, -0.1) is 0 Å². The zero-order chi connectivity index (χ0) is 13.7. The van der Waals surface area contributed by atoms with Crippen molar-refractivity contribution in [3.8, 4) is 0 Å². The molecular weight excluding hydrogens is 238 g/mol. The highest BCUT2D eigenvalue weighted by Gasteiger charge is 2.25. The first kappa shape index (κ1) is 14.5. The molecule has 3 atom stereocenters. The number of benzene rings is 1. The Labute approximate surface area is 116 Å². The van der Waals surface area contributed by atoms with Crippen LogP contribution in [0.3, 0.4) is 0 Å². The van der Waals surface area contributed by atoms with Crippen molar-refractivity contribution in [1.29, 1.82) is 0 Å². The molecule has 1 heterocycles. The Hall–Kier alpha value is -0.900. The molecule has 1 aromatic rings. The fourth-order valence-electron chi connectivity index (χ4n) is 2.95. The zero-order valence-electron chi connectivity index (χ0n) is 11.9. The van der Waals surface area contributed by atoms with Crippen molar-refractivity contribution in [2.75, 3.05) is 6.61 Å². The van der Waals surface area contributed by atoms with E-state index in [1.807, 2.05) is 18.2 Å². The normalized spacial score (nSPS) is 29.1. The monoisotopic (exact) mass is 263 g/mol. The van der Waals surface area contributed by atoms with Gasteiger partial charge in [0.25, 0.3) is 0 Å². The highest BCUT2D eigenvalue weighted by Crippen LogP contribution is 2.19. The molecule has 0 spiro atoms. The van der Waals surface area contributed by atoms with Gasteiger partial charge in [-0.3, -0.25) is 0 Å². The van der Waals surface area contributed by atoms with E-state index in [0.717, 1.165) is 19.3 Å². The van der Waals surface area contributed by atoms with Crippen LogP contribution in [0, 0.1) is 0 Å². The maximum atomic E-state index is 9.56. The molecular formula is C16H25NO2. The fourth-order valence-corrected chi connectivity index (χ4v) is 2.95. The van der Waals surface area contributed by atoms with E-state index in [-0.39, 0.29) is 12.6 Å². The van der Waals surface area contributed by atoms with Crippen LogP contribution in [0.1, 0.15) is 32.3 Å². The lowest BCUT2D eigenvalue weighted by atomic mass is 9.97. The van der Waals surface area contributed by atoms with E-state index in [4.69, 9.17) is 4.74 Å². The lowest BCUT2D eigenvalue weighted by Crippen LogP contribution is -2.47. The average molecular weight is 263 g/mol. The summed E-state index contributed by atoms with van der Waals surface area (Å²) in [5.41, 5.74) is 1.27. The molecule has 0 radical (unpaired) electrons.